The Morgan fingerprint density at radius 2 is 1.95 bits per heavy atom. The number of hydrogen-bond donors (Lipinski definition) is 0. The largest absolute Gasteiger partial charge is 0.493 e. The second kappa shape index (κ2) is 11.3. The van der Waals surface area contributed by atoms with Gasteiger partial charge in [-0.15, -0.1) is 0 Å². The van der Waals surface area contributed by atoms with Crippen molar-refractivity contribution < 1.29 is 23.8 Å². The fraction of sp³-hybridized carbons (Fsp3) is 0.323. The zero-order valence-electron chi connectivity index (χ0n) is 22.3. The number of halogens is 1. The van der Waals surface area contributed by atoms with Crippen LogP contribution >= 0.6 is 11.6 Å². The van der Waals surface area contributed by atoms with Crippen LogP contribution in [0.1, 0.15) is 44.1 Å². The molecule has 1 saturated heterocycles. The van der Waals surface area contributed by atoms with E-state index in [0.717, 1.165) is 53.9 Å². The first-order valence-corrected chi connectivity index (χ1v) is 13.8. The number of benzene rings is 3. The van der Waals surface area contributed by atoms with E-state index >= 15 is 0 Å². The minimum Gasteiger partial charge on any atom is -0.493 e. The van der Waals surface area contributed by atoms with Crippen molar-refractivity contribution in [3.63, 3.8) is 0 Å². The number of methoxy groups -OCH3 is 1. The summed E-state index contributed by atoms with van der Waals surface area (Å²) in [5.41, 5.74) is 4.87. The van der Waals surface area contributed by atoms with Crippen LogP contribution in [0.25, 0.3) is 11.0 Å². The molecule has 1 aromatic heterocycles. The lowest BCUT2D eigenvalue weighted by molar-refractivity contribution is -0.0591. The summed E-state index contributed by atoms with van der Waals surface area (Å²) in [7, 11) is 1.37. The van der Waals surface area contributed by atoms with Crippen molar-refractivity contribution in [3.8, 4) is 5.75 Å². The predicted octanol–water partition coefficient (Wildman–Crippen LogP) is 5.09. The highest BCUT2D eigenvalue weighted by Gasteiger charge is 2.28. The molecule has 1 amide bonds. The van der Waals surface area contributed by atoms with E-state index in [1.165, 1.54) is 7.11 Å². The monoisotopic (exact) mass is 559 g/mol. The summed E-state index contributed by atoms with van der Waals surface area (Å²) in [4.78, 5) is 32.5. The third-order valence-electron chi connectivity index (χ3n) is 7.58. The van der Waals surface area contributed by atoms with Crippen molar-refractivity contribution in [2.75, 3.05) is 26.9 Å². The Balaban J connectivity index is 1.20. The summed E-state index contributed by atoms with van der Waals surface area (Å²) < 4.78 is 18.7. The summed E-state index contributed by atoms with van der Waals surface area (Å²) in [5, 5.41) is 0.709. The molecular formula is C31H30ClN3O5. The van der Waals surface area contributed by atoms with Gasteiger partial charge in [-0.05, 0) is 66.4 Å². The fourth-order valence-corrected chi connectivity index (χ4v) is 5.35. The highest BCUT2D eigenvalue weighted by Crippen LogP contribution is 2.28. The summed E-state index contributed by atoms with van der Waals surface area (Å²) in [6.45, 7) is 2.80. The molecule has 4 aromatic rings. The Bertz CT molecular complexity index is 1560. The van der Waals surface area contributed by atoms with Gasteiger partial charge in [0.2, 0.25) is 0 Å². The molecule has 0 N–H and O–H groups in total. The number of carbonyl (C=O) groups excluding carboxylic acids is 2. The highest BCUT2D eigenvalue weighted by molar-refractivity contribution is 6.30. The lowest BCUT2D eigenvalue weighted by Crippen LogP contribution is -2.38. The average Bonchev–Trinajstić information content (AvgIpc) is 3.29. The SMILES string of the molecule is COC(=O)c1ccc2nc(CN3CCc4ccc(OCCc5ccc(Cl)cc5)cc4C3=O)n(CC3CCO3)c2c1. The molecule has 2 aliphatic rings. The number of esters is 1. The fourth-order valence-electron chi connectivity index (χ4n) is 5.22. The average molecular weight is 560 g/mol. The van der Waals surface area contributed by atoms with Crippen LogP contribution in [0.5, 0.6) is 5.75 Å². The maximum atomic E-state index is 13.6. The number of nitrogens with zero attached hydrogens (tertiary/aromatic N) is 3. The third-order valence-corrected chi connectivity index (χ3v) is 7.83. The number of hydrogen-bond acceptors (Lipinski definition) is 6. The predicted molar refractivity (Wildman–Crippen MR) is 151 cm³/mol. The summed E-state index contributed by atoms with van der Waals surface area (Å²) >= 11 is 5.97. The van der Waals surface area contributed by atoms with Gasteiger partial charge in [0.1, 0.15) is 11.6 Å². The normalized spacial score (nSPS) is 16.5. The number of imidazole rings is 1. The van der Waals surface area contributed by atoms with Crippen molar-refractivity contribution in [2.45, 2.75) is 38.5 Å². The van der Waals surface area contributed by atoms with Crippen molar-refractivity contribution >= 4 is 34.5 Å². The second-order valence-electron chi connectivity index (χ2n) is 10.1. The smallest absolute Gasteiger partial charge is 0.337 e. The molecule has 0 radical (unpaired) electrons. The highest BCUT2D eigenvalue weighted by atomic mass is 35.5. The molecule has 6 rings (SSSR count). The molecule has 0 saturated carbocycles. The number of carbonyl (C=O) groups is 2. The Morgan fingerprint density at radius 1 is 1.12 bits per heavy atom. The Morgan fingerprint density at radius 3 is 2.70 bits per heavy atom. The molecule has 2 aliphatic heterocycles. The van der Waals surface area contributed by atoms with Gasteiger partial charge in [0.15, 0.2) is 0 Å². The van der Waals surface area contributed by atoms with Gasteiger partial charge in [-0.3, -0.25) is 4.79 Å². The minimum atomic E-state index is -0.398. The Hall–Kier alpha value is -3.88. The number of rotatable bonds is 9. The maximum absolute atomic E-state index is 13.6. The second-order valence-corrected chi connectivity index (χ2v) is 10.6. The number of fused-ring (bicyclic) bond motifs is 2. The quantitative estimate of drug-likeness (QED) is 0.266. The van der Waals surface area contributed by atoms with Gasteiger partial charge in [0, 0.05) is 30.2 Å². The van der Waals surface area contributed by atoms with E-state index in [-0.39, 0.29) is 12.0 Å². The molecule has 1 unspecified atom stereocenters. The lowest BCUT2D eigenvalue weighted by Gasteiger charge is -2.30. The molecule has 206 valence electrons. The maximum Gasteiger partial charge on any atom is 0.337 e. The van der Waals surface area contributed by atoms with Crippen LogP contribution in [-0.2, 0) is 35.4 Å². The van der Waals surface area contributed by atoms with Gasteiger partial charge in [0.05, 0.1) is 49.5 Å². The van der Waals surface area contributed by atoms with E-state index in [2.05, 4.69) is 4.57 Å². The van der Waals surface area contributed by atoms with Gasteiger partial charge < -0.3 is 23.7 Å². The lowest BCUT2D eigenvalue weighted by atomic mass is 9.98. The third kappa shape index (κ3) is 5.42. The molecule has 0 spiro atoms. The minimum absolute atomic E-state index is 0.0434. The van der Waals surface area contributed by atoms with Crippen LogP contribution < -0.4 is 4.74 Å². The van der Waals surface area contributed by atoms with Crippen LogP contribution in [0.15, 0.2) is 60.7 Å². The van der Waals surface area contributed by atoms with Gasteiger partial charge in [-0.1, -0.05) is 29.8 Å². The van der Waals surface area contributed by atoms with Crippen molar-refractivity contribution in [2.24, 2.45) is 0 Å². The standard InChI is InChI=1S/C31H30ClN3O5/c1-38-31(37)22-5-9-27-28(16-22)35(18-25-12-15-40-25)29(33-27)19-34-13-10-21-4-8-24(17-26(21)30(34)36)39-14-11-20-2-6-23(32)7-3-20/h2-9,16-17,25H,10-15,18-19H2,1H3. The van der Waals surface area contributed by atoms with E-state index in [1.54, 1.807) is 12.1 Å². The zero-order valence-corrected chi connectivity index (χ0v) is 23.0. The van der Waals surface area contributed by atoms with E-state index < -0.39 is 5.97 Å². The molecular weight excluding hydrogens is 530 g/mol. The van der Waals surface area contributed by atoms with Crippen molar-refractivity contribution in [1.82, 2.24) is 14.5 Å². The number of amides is 1. The molecule has 1 fully saturated rings. The molecule has 9 heteroatoms. The van der Waals surface area contributed by atoms with Gasteiger partial charge in [-0.2, -0.15) is 0 Å². The molecule has 0 bridgehead atoms. The van der Waals surface area contributed by atoms with Crippen LogP contribution in [0, 0.1) is 0 Å². The zero-order chi connectivity index (χ0) is 27.6. The number of ether oxygens (including phenoxy) is 3. The van der Waals surface area contributed by atoms with Crippen LogP contribution in [-0.4, -0.2) is 59.3 Å². The summed E-state index contributed by atoms with van der Waals surface area (Å²) in [6, 6.07) is 18.8. The van der Waals surface area contributed by atoms with E-state index in [9.17, 15) is 9.59 Å². The molecule has 3 heterocycles. The summed E-state index contributed by atoms with van der Waals surface area (Å²) in [5.74, 6) is 0.996. The number of aromatic nitrogens is 2. The van der Waals surface area contributed by atoms with E-state index in [0.29, 0.717) is 48.1 Å². The van der Waals surface area contributed by atoms with Crippen LogP contribution in [0.3, 0.4) is 0 Å². The van der Waals surface area contributed by atoms with Crippen LogP contribution in [0.4, 0.5) is 0 Å². The molecule has 3 aromatic carbocycles. The summed E-state index contributed by atoms with van der Waals surface area (Å²) in [6.07, 6.45) is 2.55. The van der Waals surface area contributed by atoms with Gasteiger partial charge in [0.25, 0.3) is 5.91 Å². The first-order valence-electron chi connectivity index (χ1n) is 13.5. The first kappa shape index (κ1) is 26.3. The van der Waals surface area contributed by atoms with E-state index in [4.69, 9.17) is 30.8 Å². The van der Waals surface area contributed by atoms with Gasteiger partial charge >= 0.3 is 5.97 Å². The Kier molecular flexibility index (Phi) is 7.45. The Labute approximate surface area is 237 Å². The van der Waals surface area contributed by atoms with Crippen molar-refractivity contribution in [3.05, 3.63) is 93.8 Å². The first-order chi connectivity index (χ1) is 19.5. The molecule has 8 nitrogen and oxygen atoms in total. The molecule has 0 aliphatic carbocycles. The topological polar surface area (TPSA) is 82.9 Å². The molecule has 40 heavy (non-hydrogen) atoms. The van der Waals surface area contributed by atoms with Crippen molar-refractivity contribution in [1.29, 1.82) is 0 Å². The van der Waals surface area contributed by atoms with Crippen LogP contribution in [0.2, 0.25) is 5.02 Å². The van der Waals surface area contributed by atoms with E-state index in [1.807, 2.05) is 53.4 Å². The van der Waals surface area contributed by atoms with Gasteiger partial charge in [-0.25, -0.2) is 9.78 Å². The molecule has 1 atom stereocenters.